The van der Waals surface area contributed by atoms with Gasteiger partial charge in [-0.15, -0.1) is 0 Å². The first-order chi connectivity index (χ1) is 11.0. The molecule has 1 unspecified atom stereocenters. The molecule has 0 aliphatic rings. The highest BCUT2D eigenvalue weighted by molar-refractivity contribution is 6.30. The lowest BCUT2D eigenvalue weighted by molar-refractivity contribution is 0.249. The number of hydrogen-bond donors (Lipinski definition) is 2. The lowest BCUT2D eigenvalue weighted by Crippen LogP contribution is -2.31. The molecule has 2 aromatic carbocycles. The van der Waals surface area contributed by atoms with Gasteiger partial charge in [-0.25, -0.2) is 4.79 Å². The fourth-order valence-electron chi connectivity index (χ4n) is 2.15. The molecular weight excluding hydrogens is 316 g/mol. The Kier molecular flexibility index (Phi) is 5.71. The van der Waals surface area contributed by atoms with Gasteiger partial charge in [0.1, 0.15) is 11.5 Å². The zero-order chi connectivity index (χ0) is 16.8. The Morgan fingerprint density at radius 2 is 1.78 bits per heavy atom. The van der Waals surface area contributed by atoms with Crippen LogP contribution in [0.3, 0.4) is 0 Å². The molecule has 2 aromatic rings. The van der Waals surface area contributed by atoms with Gasteiger partial charge in [0, 0.05) is 16.3 Å². The van der Waals surface area contributed by atoms with Gasteiger partial charge in [-0.2, -0.15) is 0 Å². The third kappa shape index (κ3) is 4.53. The van der Waals surface area contributed by atoms with Crippen molar-refractivity contribution >= 4 is 23.3 Å². The largest absolute Gasteiger partial charge is 0.497 e. The standard InChI is InChI=1S/C17H19ClN2O3/c1-11(15-10-14(22-2)8-9-16(15)23-3)19-17(21)20-13-6-4-12(18)5-7-13/h4-11H,1-3H3,(H2,19,20,21). The van der Waals surface area contributed by atoms with Gasteiger partial charge in [0.25, 0.3) is 0 Å². The lowest BCUT2D eigenvalue weighted by Gasteiger charge is -2.18. The van der Waals surface area contributed by atoms with Crippen LogP contribution in [0.25, 0.3) is 0 Å². The van der Waals surface area contributed by atoms with Gasteiger partial charge in [-0.1, -0.05) is 11.6 Å². The average Bonchev–Trinajstić information content (AvgIpc) is 2.56. The maximum absolute atomic E-state index is 12.1. The van der Waals surface area contributed by atoms with E-state index in [0.29, 0.717) is 22.2 Å². The van der Waals surface area contributed by atoms with Crippen LogP contribution in [-0.2, 0) is 0 Å². The zero-order valence-electron chi connectivity index (χ0n) is 13.2. The highest BCUT2D eigenvalue weighted by Crippen LogP contribution is 2.29. The number of urea groups is 1. The molecule has 0 saturated heterocycles. The summed E-state index contributed by atoms with van der Waals surface area (Å²) in [5.41, 5.74) is 1.50. The van der Waals surface area contributed by atoms with Crippen molar-refractivity contribution in [3.05, 3.63) is 53.1 Å². The number of benzene rings is 2. The van der Waals surface area contributed by atoms with Crippen molar-refractivity contribution in [3.63, 3.8) is 0 Å². The SMILES string of the molecule is COc1ccc(OC)c(C(C)NC(=O)Nc2ccc(Cl)cc2)c1. The van der Waals surface area contributed by atoms with Gasteiger partial charge in [0.2, 0.25) is 0 Å². The number of hydrogen-bond acceptors (Lipinski definition) is 3. The summed E-state index contributed by atoms with van der Waals surface area (Å²) >= 11 is 5.82. The quantitative estimate of drug-likeness (QED) is 0.859. The fourth-order valence-corrected chi connectivity index (χ4v) is 2.28. The van der Waals surface area contributed by atoms with E-state index in [4.69, 9.17) is 21.1 Å². The summed E-state index contributed by atoms with van der Waals surface area (Å²) in [5, 5.41) is 6.24. The molecule has 1 atom stereocenters. The number of rotatable bonds is 5. The second-order valence-electron chi connectivity index (χ2n) is 4.93. The third-order valence-corrected chi connectivity index (χ3v) is 3.61. The van der Waals surface area contributed by atoms with Crippen LogP contribution >= 0.6 is 11.6 Å². The molecule has 0 radical (unpaired) electrons. The van der Waals surface area contributed by atoms with Crippen molar-refractivity contribution < 1.29 is 14.3 Å². The summed E-state index contributed by atoms with van der Waals surface area (Å²) in [6, 6.07) is 11.8. The Hall–Kier alpha value is -2.40. The van der Waals surface area contributed by atoms with Gasteiger partial charge >= 0.3 is 6.03 Å². The van der Waals surface area contributed by atoms with Crippen LogP contribution in [0.5, 0.6) is 11.5 Å². The second-order valence-corrected chi connectivity index (χ2v) is 5.37. The smallest absolute Gasteiger partial charge is 0.319 e. The Morgan fingerprint density at radius 1 is 1.09 bits per heavy atom. The van der Waals surface area contributed by atoms with Gasteiger partial charge in [-0.3, -0.25) is 0 Å². The Bertz CT molecular complexity index is 674. The number of nitrogens with one attached hydrogen (secondary N) is 2. The number of carbonyl (C=O) groups is 1. The Balaban J connectivity index is 2.07. The van der Waals surface area contributed by atoms with Crippen LogP contribution < -0.4 is 20.1 Å². The van der Waals surface area contributed by atoms with E-state index in [9.17, 15) is 4.79 Å². The van der Waals surface area contributed by atoms with Crippen molar-refractivity contribution in [2.24, 2.45) is 0 Å². The van der Waals surface area contributed by atoms with Crippen molar-refractivity contribution in [2.45, 2.75) is 13.0 Å². The van der Waals surface area contributed by atoms with Gasteiger partial charge in [0.15, 0.2) is 0 Å². The molecular formula is C17H19ClN2O3. The summed E-state index contributed by atoms with van der Waals surface area (Å²) in [6.07, 6.45) is 0. The lowest BCUT2D eigenvalue weighted by atomic mass is 10.1. The summed E-state index contributed by atoms with van der Waals surface area (Å²) in [5.74, 6) is 1.39. The normalized spacial score (nSPS) is 11.5. The van der Waals surface area contributed by atoms with E-state index in [2.05, 4.69) is 10.6 Å². The van der Waals surface area contributed by atoms with E-state index in [1.807, 2.05) is 25.1 Å². The molecule has 23 heavy (non-hydrogen) atoms. The van der Waals surface area contributed by atoms with Crippen LogP contribution in [0, 0.1) is 0 Å². The van der Waals surface area contributed by atoms with E-state index < -0.39 is 0 Å². The molecule has 0 spiro atoms. The number of anilines is 1. The number of methoxy groups -OCH3 is 2. The molecule has 122 valence electrons. The van der Waals surface area contributed by atoms with Crippen LogP contribution in [0.2, 0.25) is 5.02 Å². The van der Waals surface area contributed by atoms with Crippen LogP contribution in [0.1, 0.15) is 18.5 Å². The zero-order valence-corrected chi connectivity index (χ0v) is 14.0. The second kappa shape index (κ2) is 7.74. The predicted molar refractivity (Wildman–Crippen MR) is 91.6 cm³/mol. The third-order valence-electron chi connectivity index (χ3n) is 3.35. The van der Waals surface area contributed by atoms with Gasteiger partial charge < -0.3 is 20.1 Å². The monoisotopic (exact) mass is 334 g/mol. The molecule has 0 aromatic heterocycles. The average molecular weight is 335 g/mol. The summed E-state index contributed by atoms with van der Waals surface area (Å²) in [4.78, 5) is 12.1. The van der Waals surface area contributed by atoms with Crippen LogP contribution in [-0.4, -0.2) is 20.3 Å². The highest BCUT2D eigenvalue weighted by atomic mass is 35.5. The first kappa shape index (κ1) is 17.0. The molecule has 0 fully saturated rings. The summed E-state index contributed by atoms with van der Waals surface area (Å²) in [6.45, 7) is 1.87. The molecule has 0 aliphatic carbocycles. The number of ether oxygens (including phenoxy) is 2. The van der Waals surface area contributed by atoms with Crippen molar-refractivity contribution in [3.8, 4) is 11.5 Å². The number of amides is 2. The minimum Gasteiger partial charge on any atom is -0.497 e. The molecule has 5 nitrogen and oxygen atoms in total. The molecule has 2 amide bonds. The summed E-state index contributed by atoms with van der Waals surface area (Å²) < 4.78 is 10.6. The molecule has 0 saturated carbocycles. The maximum atomic E-state index is 12.1. The van der Waals surface area contributed by atoms with E-state index in [0.717, 1.165) is 5.56 Å². The molecule has 0 heterocycles. The molecule has 2 rings (SSSR count). The maximum Gasteiger partial charge on any atom is 0.319 e. The van der Waals surface area contributed by atoms with Crippen molar-refractivity contribution in [1.29, 1.82) is 0 Å². The van der Waals surface area contributed by atoms with Crippen molar-refractivity contribution in [2.75, 3.05) is 19.5 Å². The molecule has 6 heteroatoms. The first-order valence-electron chi connectivity index (χ1n) is 7.08. The fraction of sp³-hybridized carbons (Fsp3) is 0.235. The van der Waals surface area contributed by atoms with E-state index >= 15 is 0 Å². The molecule has 0 bridgehead atoms. The Labute approximate surface area is 140 Å². The van der Waals surface area contributed by atoms with Gasteiger partial charge in [-0.05, 0) is 49.4 Å². The van der Waals surface area contributed by atoms with E-state index in [1.54, 1.807) is 38.5 Å². The van der Waals surface area contributed by atoms with Gasteiger partial charge in [0.05, 0.1) is 20.3 Å². The minimum absolute atomic E-state index is 0.257. The minimum atomic E-state index is -0.315. The highest BCUT2D eigenvalue weighted by Gasteiger charge is 2.15. The number of halogens is 1. The summed E-state index contributed by atoms with van der Waals surface area (Å²) in [7, 11) is 3.18. The Morgan fingerprint density at radius 3 is 2.39 bits per heavy atom. The van der Waals surface area contributed by atoms with E-state index in [1.165, 1.54) is 0 Å². The van der Waals surface area contributed by atoms with Crippen LogP contribution in [0.15, 0.2) is 42.5 Å². The molecule has 2 N–H and O–H groups in total. The molecule has 0 aliphatic heterocycles. The number of carbonyl (C=O) groups excluding carboxylic acids is 1. The van der Waals surface area contributed by atoms with E-state index in [-0.39, 0.29) is 12.1 Å². The predicted octanol–water partition coefficient (Wildman–Crippen LogP) is 4.24. The van der Waals surface area contributed by atoms with Crippen molar-refractivity contribution in [1.82, 2.24) is 5.32 Å². The topological polar surface area (TPSA) is 59.6 Å². The van der Waals surface area contributed by atoms with Crippen LogP contribution in [0.4, 0.5) is 10.5 Å². The first-order valence-corrected chi connectivity index (χ1v) is 7.46.